The lowest BCUT2D eigenvalue weighted by Crippen LogP contribution is -2.50. The fraction of sp³-hybridized carbons (Fsp3) is 0.400. The second kappa shape index (κ2) is 7.91. The van der Waals surface area contributed by atoms with Crippen molar-refractivity contribution in [2.75, 3.05) is 33.3 Å². The Bertz CT molecular complexity index is 790. The van der Waals surface area contributed by atoms with Gasteiger partial charge in [-0.05, 0) is 49.2 Å². The van der Waals surface area contributed by atoms with Crippen molar-refractivity contribution in [1.29, 1.82) is 0 Å². The number of ether oxygens (including phenoxy) is 1. The van der Waals surface area contributed by atoms with E-state index < -0.39 is 0 Å². The van der Waals surface area contributed by atoms with E-state index in [-0.39, 0.29) is 11.8 Å². The summed E-state index contributed by atoms with van der Waals surface area (Å²) in [5, 5.41) is 0. The first kappa shape index (κ1) is 18.5. The Morgan fingerprint density at radius 3 is 2.12 bits per heavy atom. The molecule has 0 spiro atoms. The molecule has 26 heavy (non-hydrogen) atoms. The largest absolute Gasteiger partial charge is 0.497 e. The standard InChI is InChI=1S/C20H24N2O3S/c1-4-15-13-18(26-14(15)2)20(24)22-11-9-21(10-12-22)19(23)16-5-7-17(25-3)8-6-16/h5-8,13H,4,9-12H2,1-3H3. The maximum absolute atomic E-state index is 12.7. The molecule has 2 heterocycles. The average molecular weight is 372 g/mol. The van der Waals surface area contributed by atoms with E-state index in [1.165, 1.54) is 10.4 Å². The topological polar surface area (TPSA) is 49.9 Å². The predicted molar refractivity (Wildman–Crippen MR) is 103 cm³/mol. The highest BCUT2D eigenvalue weighted by molar-refractivity contribution is 7.14. The zero-order valence-electron chi connectivity index (χ0n) is 15.4. The minimum atomic E-state index is -0.00000988. The van der Waals surface area contributed by atoms with E-state index in [0.29, 0.717) is 31.7 Å². The van der Waals surface area contributed by atoms with E-state index in [1.54, 1.807) is 42.7 Å². The summed E-state index contributed by atoms with van der Waals surface area (Å²) in [6.45, 7) is 6.42. The number of hydrogen-bond acceptors (Lipinski definition) is 4. The summed E-state index contributed by atoms with van der Waals surface area (Å²) in [7, 11) is 1.60. The van der Waals surface area contributed by atoms with Crippen LogP contribution in [-0.2, 0) is 6.42 Å². The smallest absolute Gasteiger partial charge is 0.264 e. The number of nitrogens with zero attached hydrogens (tertiary/aromatic N) is 2. The van der Waals surface area contributed by atoms with Gasteiger partial charge >= 0.3 is 0 Å². The normalized spacial score (nSPS) is 14.4. The molecule has 1 aromatic heterocycles. The van der Waals surface area contributed by atoms with Crippen molar-refractivity contribution in [1.82, 2.24) is 9.80 Å². The number of thiophene rings is 1. The summed E-state index contributed by atoms with van der Waals surface area (Å²) in [5.74, 6) is 0.809. The molecule has 1 fully saturated rings. The number of methoxy groups -OCH3 is 1. The molecule has 1 aliphatic rings. The summed E-state index contributed by atoms with van der Waals surface area (Å²) in [6.07, 6.45) is 0.944. The average Bonchev–Trinajstić information content (AvgIpc) is 3.07. The molecule has 0 atom stereocenters. The van der Waals surface area contributed by atoms with Crippen molar-refractivity contribution in [3.8, 4) is 5.75 Å². The van der Waals surface area contributed by atoms with Crippen LogP contribution in [0.5, 0.6) is 5.75 Å². The molecular formula is C20H24N2O3S. The van der Waals surface area contributed by atoms with E-state index >= 15 is 0 Å². The number of rotatable bonds is 4. The molecule has 6 heteroatoms. The summed E-state index contributed by atoms with van der Waals surface area (Å²) in [4.78, 5) is 31.0. The number of benzene rings is 1. The second-order valence-corrected chi connectivity index (χ2v) is 7.61. The number of aryl methyl sites for hydroxylation is 2. The van der Waals surface area contributed by atoms with Crippen LogP contribution >= 0.6 is 11.3 Å². The van der Waals surface area contributed by atoms with Gasteiger partial charge in [-0.15, -0.1) is 11.3 Å². The lowest BCUT2D eigenvalue weighted by molar-refractivity contribution is 0.0538. The minimum absolute atomic E-state index is 0.00000988. The summed E-state index contributed by atoms with van der Waals surface area (Å²) >= 11 is 1.56. The van der Waals surface area contributed by atoms with Gasteiger partial charge in [-0.2, -0.15) is 0 Å². The molecule has 1 aromatic carbocycles. The number of carbonyl (C=O) groups excluding carboxylic acids is 2. The molecule has 0 N–H and O–H groups in total. The Morgan fingerprint density at radius 2 is 1.62 bits per heavy atom. The number of piperazine rings is 1. The minimum Gasteiger partial charge on any atom is -0.497 e. The van der Waals surface area contributed by atoms with Crippen LogP contribution in [0.1, 0.15) is 37.4 Å². The molecule has 2 amide bonds. The molecule has 138 valence electrons. The zero-order chi connectivity index (χ0) is 18.7. The van der Waals surface area contributed by atoms with Gasteiger partial charge in [0.05, 0.1) is 12.0 Å². The van der Waals surface area contributed by atoms with Gasteiger partial charge in [0.2, 0.25) is 0 Å². The van der Waals surface area contributed by atoms with Crippen molar-refractivity contribution < 1.29 is 14.3 Å². The van der Waals surface area contributed by atoms with Gasteiger partial charge in [-0.25, -0.2) is 0 Å². The lowest BCUT2D eigenvalue weighted by atomic mass is 10.1. The molecule has 3 rings (SSSR count). The third-order valence-corrected chi connectivity index (χ3v) is 5.88. The monoisotopic (exact) mass is 372 g/mol. The Labute approximate surface area is 158 Å². The predicted octanol–water partition coefficient (Wildman–Crippen LogP) is 3.23. The fourth-order valence-corrected chi connectivity index (χ4v) is 4.24. The van der Waals surface area contributed by atoms with Crippen LogP contribution in [-0.4, -0.2) is 54.9 Å². The zero-order valence-corrected chi connectivity index (χ0v) is 16.3. The fourth-order valence-electron chi connectivity index (χ4n) is 3.16. The second-order valence-electron chi connectivity index (χ2n) is 6.36. The SMILES string of the molecule is CCc1cc(C(=O)N2CCN(C(=O)c3ccc(OC)cc3)CC2)sc1C. The van der Waals surface area contributed by atoms with E-state index in [1.807, 2.05) is 15.9 Å². The van der Waals surface area contributed by atoms with Gasteiger partial charge in [-0.1, -0.05) is 6.92 Å². The van der Waals surface area contributed by atoms with Gasteiger partial charge in [0, 0.05) is 36.6 Å². The first-order valence-corrected chi connectivity index (χ1v) is 9.67. The summed E-state index contributed by atoms with van der Waals surface area (Å²) < 4.78 is 5.13. The highest BCUT2D eigenvalue weighted by Crippen LogP contribution is 2.24. The molecule has 0 radical (unpaired) electrons. The van der Waals surface area contributed by atoms with Gasteiger partial charge in [0.25, 0.3) is 11.8 Å². The lowest BCUT2D eigenvalue weighted by Gasteiger charge is -2.34. The molecule has 0 aliphatic carbocycles. The van der Waals surface area contributed by atoms with Crippen LogP contribution in [0, 0.1) is 6.92 Å². The van der Waals surface area contributed by atoms with E-state index in [4.69, 9.17) is 4.74 Å². The summed E-state index contributed by atoms with van der Waals surface area (Å²) in [6, 6.07) is 9.14. The van der Waals surface area contributed by atoms with Crippen LogP contribution in [0.2, 0.25) is 0 Å². The molecular weight excluding hydrogens is 348 g/mol. The molecule has 1 saturated heterocycles. The van der Waals surface area contributed by atoms with Crippen molar-refractivity contribution in [3.63, 3.8) is 0 Å². The quantitative estimate of drug-likeness (QED) is 0.828. The Kier molecular flexibility index (Phi) is 5.61. The van der Waals surface area contributed by atoms with Crippen molar-refractivity contribution >= 4 is 23.2 Å². The van der Waals surface area contributed by atoms with Crippen LogP contribution in [0.3, 0.4) is 0 Å². The maximum Gasteiger partial charge on any atom is 0.264 e. The highest BCUT2D eigenvalue weighted by Gasteiger charge is 2.26. The number of hydrogen-bond donors (Lipinski definition) is 0. The molecule has 0 unspecified atom stereocenters. The first-order chi connectivity index (χ1) is 12.5. The van der Waals surface area contributed by atoms with E-state index in [2.05, 4.69) is 13.8 Å². The molecule has 0 saturated carbocycles. The van der Waals surface area contributed by atoms with Gasteiger partial charge in [0.1, 0.15) is 5.75 Å². The number of carbonyl (C=O) groups is 2. The maximum atomic E-state index is 12.7. The third-order valence-electron chi connectivity index (χ3n) is 4.80. The third kappa shape index (κ3) is 3.75. The van der Waals surface area contributed by atoms with Gasteiger partial charge in [-0.3, -0.25) is 9.59 Å². The molecule has 1 aliphatic heterocycles. The van der Waals surface area contributed by atoms with Crippen molar-refractivity contribution in [2.24, 2.45) is 0 Å². The van der Waals surface area contributed by atoms with Crippen molar-refractivity contribution in [2.45, 2.75) is 20.3 Å². The molecule has 0 bridgehead atoms. The molecule has 2 aromatic rings. The van der Waals surface area contributed by atoms with E-state index in [9.17, 15) is 9.59 Å². The number of amides is 2. The van der Waals surface area contributed by atoms with Crippen LogP contribution in [0.15, 0.2) is 30.3 Å². The summed E-state index contributed by atoms with van der Waals surface area (Å²) in [5.41, 5.74) is 1.89. The van der Waals surface area contributed by atoms with Gasteiger partial charge < -0.3 is 14.5 Å². The highest BCUT2D eigenvalue weighted by atomic mass is 32.1. The van der Waals surface area contributed by atoms with Crippen LogP contribution in [0.25, 0.3) is 0 Å². The van der Waals surface area contributed by atoms with E-state index in [0.717, 1.165) is 17.0 Å². The molecule has 5 nitrogen and oxygen atoms in total. The van der Waals surface area contributed by atoms with Crippen LogP contribution < -0.4 is 4.74 Å². The Morgan fingerprint density at radius 1 is 1.04 bits per heavy atom. The Hall–Kier alpha value is -2.34. The van der Waals surface area contributed by atoms with Crippen molar-refractivity contribution in [3.05, 3.63) is 51.2 Å². The van der Waals surface area contributed by atoms with Crippen LogP contribution in [0.4, 0.5) is 0 Å². The van der Waals surface area contributed by atoms with Gasteiger partial charge in [0.15, 0.2) is 0 Å². The Balaban J connectivity index is 1.60. The first-order valence-electron chi connectivity index (χ1n) is 8.85.